The van der Waals surface area contributed by atoms with Crippen LogP contribution in [0.5, 0.6) is 17.2 Å². The molecule has 4 rings (SSSR count). The lowest BCUT2D eigenvalue weighted by molar-refractivity contribution is 0.263. The number of pyridine rings is 1. The number of rotatable bonds is 8. The normalized spacial score (nSPS) is 12.0. The standard InChI is InChI=1S/C25H24ClFN2O3/c1-4-31-24-19(15(2)21-13-29-25-20(21)11-18(30-3)12-28-25)6-5-7-23(24)32-14-16-8-9-17(26)10-22(16)27/h5-13,15H,4,14H2,1-3H3,(H,28,29). The summed E-state index contributed by atoms with van der Waals surface area (Å²) >= 11 is 5.85. The first kappa shape index (κ1) is 22.0. The molecule has 0 saturated carbocycles. The van der Waals surface area contributed by atoms with Crippen molar-refractivity contribution >= 4 is 22.6 Å². The van der Waals surface area contributed by atoms with Crippen molar-refractivity contribution in [2.45, 2.75) is 26.4 Å². The maximum atomic E-state index is 14.2. The van der Waals surface area contributed by atoms with Crippen molar-refractivity contribution < 1.29 is 18.6 Å². The van der Waals surface area contributed by atoms with Gasteiger partial charge in [0.05, 0.1) is 19.9 Å². The summed E-state index contributed by atoms with van der Waals surface area (Å²) in [6, 6.07) is 12.3. The van der Waals surface area contributed by atoms with Crippen LogP contribution in [0.4, 0.5) is 4.39 Å². The van der Waals surface area contributed by atoms with Gasteiger partial charge in [0.2, 0.25) is 0 Å². The number of benzene rings is 2. The van der Waals surface area contributed by atoms with Gasteiger partial charge >= 0.3 is 0 Å². The van der Waals surface area contributed by atoms with E-state index in [1.165, 1.54) is 6.07 Å². The molecule has 1 N–H and O–H groups in total. The van der Waals surface area contributed by atoms with Crippen molar-refractivity contribution in [3.63, 3.8) is 0 Å². The Labute approximate surface area is 191 Å². The van der Waals surface area contributed by atoms with Crippen molar-refractivity contribution in [3.8, 4) is 17.2 Å². The van der Waals surface area contributed by atoms with E-state index in [4.69, 9.17) is 25.8 Å². The Hall–Kier alpha value is -3.25. The number of para-hydroxylation sites is 1. The molecule has 2 aromatic heterocycles. The molecule has 1 unspecified atom stereocenters. The summed E-state index contributed by atoms with van der Waals surface area (Å²) in [7, 11) is 1.62. The van der Waals surface area contributed by atoms with E-state index in [9.17, 15) is 4.39 Å². The monoisotopic (exact) mass is 454 g/mol. The highest BCUT2D eigenvalue weighted by Gasteiger charge is 2.21. The Kier molecular flexibility index (Phi) is 6.51. The van der Waals surface area contributed by atoms with Crippen LogP contribution in [0.1, 0.15) is 36.5 Å². The van der Waals surface area contributed by atoms with E-state index < -0.39 is 5.82 Å². The maximum Gasteiger partial charge on any atom is 0.164 e. The summed E-state index contributed by atoms with van der Waals surface area (Å²) in [6.07, 6.45) is 3.64. The second kappa shape index (κ2) is 9.49. The largest absolute Gasteiger partial charge is 0.495 e. The number of hydrogen-bond donors (Lipinski definition) is 1. The number of halogens is 2. The highest BCUT2D eigenvalue weighted by molar-refractivity contribution is 6.30. The molecular formula is C25H24ClFN2O3. The van der Waals surface area contributed by atoms with E-state index in [0.717, 1.165) is 22.2 Å². The molecule has 2 heterocycles. The summed E-state index contributed by atoms with van der Waals surface area (Å²) in [5.41, 5.74) is 3.24. The first-order valence-electron chi connectivity index (χ1n) is 10.3. The molecule has 166 valence electrons. The molecule has 0 radical (unpaired) electrons. The zero-order valence-corrected chi connectivity index (χ0v) is 18.9. The van der Waals surface area contributed by atoms with Gasteiger partial charge in [-0.1, -0.05) is 36.7 Å². The Morgan fingerprint density at radius 1 is 1.12 bits per heavy atom. The van der Waals surface area contributed by atoms with Crippen LogP contribution < -0.4 is 14.2 Å². The van der Waals surface area contributed by atoms with Crippen LogP contribution in [-0.2, 0) is 6.61 Å². The average Bonchev–Trinajstić information content (AvgIpc) is 3.22. The smallest absolute Gasteiger partial charge is 0.164 e. The van der Waals surface area contributed by atoms with Crippen molar-refractivity contribution in [1.82, 2.24) is 9.97 Å². The maximum absolute atomic E-state index is 14.2. The summed E-state index contributed by atoms with van der Waals surface area (Å²) in [4.78, 5) is 7.64. The molecule has 0 fully saturated rings. The fourth-order valence-corrected chi connectivity index (χ4v) is 3.88. The predicted octanol–water partition coefficient (Wildman–Crippen LogP) is 6.49. The van der Waals surface area contributed by atoms with Gasteiger partial charge in [-0.2, -0.15) is 0 Å². The average molecular weight is 455 g/mol. The number of nitrogens with zero attached hydrogens (tertiary/aromatic N) is 1. The lowest BCUT2D eigenvalue weighted by Gasteiger charge is -2.20. The molecule has 0 bridgehead atoms. The third kappa shape index (κ3) is 4.36. The van der Waals surface area contributed by atoms with E-state index in [1.54, 1.807) is 25.4 Å². The van der Waals surface area contributed by atoms with Crippen LogP contribution in [0.15, 0.2) is 54.9 Å². The van der Waals surface area contributed by atoms with Gasteiger partial charge in [-0.15, -0.1) is 0 Å². The highest BCUT2D eigenvalue weighted by Crippen LogP contribution is 2.41. The van der Waals surface area contributed by atoms with Gasteiger partial charge in [0.1, 0.15) is 23.8 Å². The number of fused-ring (bicyclic) bond motifs is 1. The highest BCUT2D eigenvalue weighted by atomic mass is 35.5. The molecule has 4 aromatic rings. The second-order valence-electron chi connectivity index (χ2n) is 7.37. The zero-order valence-electron chi connectivity index (χ0n) is 18.1. The molecule has 2 aromatic carbocycles. The van der Waals surface area contributed by atoms with Gasteiger partial charge in [0.15, 0.2) is 11.5 Å². The number of H-pyrrole nitrogens is 1. The van der Waals surface area contributed by atoms with E-state index >= 15 is 0 Å². The van der Waals surface area contributed by atoms with Gasteiger partial charge in [0.25, 0.3) is 0 Å². The molecule has 0 aliphatic rings. The quantitative estimate of drug-likeness (QED) is 0.330. The van der Waals surface area contributed by atoms with Crippen LogP contribution in [-0.4, -0.2) is 23.7 Å². The number of aromatic amines is 1. The topological polar surface area (TPSA) is 56.4 Å². The minimum absolute atomic E-state index is 0.0185. The molecule has 32 heavy (non-hydrogen) atoms. The van der Waals surface area contributed by atoms with Crippen LogP contribution in [0.2, 0.25) is 5.02 Å². The number of hydrogen-bond acceptors (Lipinski definition) is 4. The van der Waals surface area contributed by atoms with Gasteiger partial charge in [-0.25, -0.2) is 9.37 Å². The Balaban J connectivity index is 1.68. The van der Waals surface area contributed by atoms with Crippen molar-refractivity contribution in [1.29, 1.82) is 0 Å². The van der Waals surface area contributed by atoms with E-state index in [-0.39, 0.29) is 12.5 Å². The minimum atomic E-state index is -0.403. The molecular weight excluding hydrogens is 431 g/mol. The minimum Gasteiger partial charge on any atom is -0.495 e. The van der Waals surface area contributed by atoms with E-state index in [1.807, 2.05) is 37.4 Å². The number of ether oxygens (including phenoxy) is 3. The fraction of sp³-hybridized carbons (Fsp3) is 0.240. The zero-order chi connectivity index (χ0) is 22.7. The number of aromatic nitrogens is 2. The molecule has 7 heteroatoms. The summed E-state index contributed by atoms with van der Waals surface area (Å²) < 4.78 is 31.5. The van der Waals surface area contributed by atoms with Crippen molar-refractivity contribution in [3.05, 3.63) is 82.4 Å². The molecule has 5 nitrogen and oxygen atoms in total. The third-order valence-corrected chi connectivity index (χ3v) is 5.64. The summed E-state index contributed by atoms with van der Waals surface area (Å²) in [6.45, 7) is 4.56. The molecule has 0 aliphatic heterocycles. The van der Waals surface area contributed by atoms with E-state index in [0.29, 0.717) is 34.4 Å². The van der Waals surface area contributed by atoms with Crippen LogP contribution in [0.25, 0.3) is 11.0 Å². The molecule has 1 atom stereocenters. The number of methoxy groups -OCH3 is 1. The predicted molar refractivity (Wildman–Crippen MR) is 124 cm³/mol. The molecule has 0 amide bonds. The molecule has 0 aliphatic carbocycles. The van der Waals surface area contributed by atoms with Crippen molar-refractivity contribution in [2.75, 3.05) is 13.7 Å². The van der Waals surface area contributed by atoms with Crippen molar-refractivity contribution in [2.24, 2.45) is 0 Å². The molecule has 0 spiro atoms. The first-order valence-corrected chi connectivity index (χ1v) is 10.7. The lowest BCUT2D eigenvalue weighted by atomic mass is 9.92. The Morgan fingerprint density at radius 3 is 2.72 bits per heavy atom. The van der Waals surface area contributed by atoms with Gasteiger partial charge in [-0.05, 0) is 36.8 Å². The Morgan fingerprint density at radius 2 is 1.97 bits per heavy atom. The Bertz CT molecular complexity index is 1240. The van der Waals surface area contributed by atoms with Gasteiger partial charge < -0.3 is 19.2 Å². The number of nitrogens with one attached hydrogen (secondary N) is 1. The molecule has 0 saturated heterocycles. The second-order valence-corrected chi connectivity index (χ2v) is 7.81. The summed E-state index contributed by atoms with van der Waals surface area (Å²) in [5, 5.41) is 1.33. The van der Waals surface area contributed by atoms with E-state index in [2.05, 4.69) is 16.9 Å². The first-order chi connectivity index (χ1) is 15.5. The SMILES string of the molecule is CCOc1c(OCc2ccc(Cl)cc2F)cccc1C(C)c1c[nH]c2ncc(OC)cc12. The third-order valence-electron chi connectivity index (χ3n) is 5.40. The van der Waals surface area contributed by atoms with Gasteiger partial charge in [0, 0.05) is 33.7 Å². The van der Waals surface area contributed by atoms with Crippen LogP contribution in [0.3, 0.4) is 0 Å². The van der Waals surface area contributed by atoms with Crippen LogP contribution in [0, 0.1) is 5.82 Å². The van der Waals surface area contributed by atoms with Crippen LogP contribution >= 0.6 is 11.6 Å². The lowest BCUT2D eigenvalue weighted by Crippen LogP contribution is -2.06. The summed E-state index contributed by atoms with van der Waals surface area (Å²) in [5.74, 6) is 1.47. The fourth-order valence-electron chi connectivity index (χ4n) is 3.72. The van der Waals surface area contributed by atoms with Gasteiger partial charge in [-0.3, -0.25) is 0 Å².